The van der Waals surface area contributed by atoms with Crippen molar-refractivity contribution in [3.05, 3.63) is 66.0 Å². The van der Waals surface area contributed by atoms with Gasteiger partial charge in [-0.3, -0.25) is 4.79 Å². The van der Waals surface area contributed by atoms with Crippen LogP contribution in [-0.4, -0.2) is 26.0 Å². The highest BCUT2D eigenvalue weighted by Gasteiger charge is 2.17. The van der Waals surface area contributed by atoms with Crippen molar-refractivity contribution in [1.82, 2.24) is 14.4 Å². The normalized spacial score (nSPS) is 11.5. The first kappa shape index (κ1) is 18.1. The Kier molecular flexibility index (Phi) is 4.49. The van der Waals surface area contributed by atoms with Crippen LogP contribution in [0.3, 0.4) is 0 Å². The van der Waals surface area contributed by atoms with E-state index in [4.69, 9.17) is 9.97 Å². The maximum Gasteiger partial charge on any atom is 0.234 e. The molecule has 0 aliphatic heterocycles. The Morgan fingerprint density at radius 3 is 2.76 bits per heavy atom. The Labute approximate surface area is 175 Å². The van der Waals surface area contributed by atoms with E-state index >= 15 is 0 Å². The number of pyridine rings is 1. The maximum absolute atomic E-state index is 12.4. The lowest BCUT2D eigenvalue weighted by Crippen LogP contribution is -2.14. The fourth-order valence-electron chi connectivity index (χ4n) is 3.57. The standard InChI is InChI=1S/C22H18N4OS2/c1-13-11-14(2)23-21-18(13)19-22(29-21)25-20(16-9-6-10-26(16)19)28-12-17(27)24-15-7-4-3-5-8-15/h3-11H,12H2,1-2H3,(H,24,27). The predicted molar refractivity (Wildman–Crippen MR) is 121 cm³/mol. The molecule has 7 heteroatoms. The zero-order chi connectivity index (χ0) is 20.0. The van der Waals surface area contributed by atoms with E-state index in [0.717, 1.165) is 42.5 Å². The van der Waals surface area contributed by atoms with Crippen molar-refractivity contribution in [2.24, 2.45) is 0 Å². The molecule has 144 valence electrons. The number of carbonyl (C=O) groups excluding carboxylic acids is 1. The molecule has 0 aliphatic rings. The number of aryl methyl sites for hydroxylation is 2. The fraction of sp³-hybridized carbons (Fsp3) is 0.136. The van der Waals surface area contributed by atoms with Gasteiger partial charge in [0, 0.05) is 23.0 Å². The zero-order valence-corrected chi connectivity index (χ0v) is 17.6. The van der Waals surface area contributed by atoms with Crippen LogP contribution in [0.4, 0.5) is 5.69 Å². The molecule has 5 nitrogen and oxygen atoms in total. The van der Waals surface area contributed by atoms with Crippen molar-refractivity contribution >= 4 is 60.8 Å². The summed E-state index contributed by atoms with van der Waals surface area (Å²) in [4.78, 5) is 23.9. The van der Waals surface area contributed by atoms with Crippen molar-refractivity contribution < 1.29 is 4.79 Å². The van der Waals surface area contributed by atoms with Gasteiger partial charge in [-0.25, -0.2) is 9.97 Å². The van der Waals surface area contributed by atoms with Crippen LogP contribution in [0.1, 0.15) is 11.3 Å². The van der Waals surface area contributed by atoms with Crippen LogP contribution in [-0.2, 0) is 4.79 Å². The van der Waals surface area contributed by atoms with Gasteiger partial charge in [-0.15, -0.1) is 0 Å². The number of hydrogen-bond acceptors (Lipinski definition) is 5. The SMILES string of the molecule is Cc1cc(C)c2c(n1)sc1nc(SCC(=O)Nc3ccccc3)c3cccn3c12. The zero-order valence-electron chi connectivity index (χ0n) is 16.0. The van der Waals surface area contributed by atoms with Gasteiger partial charge >= 0.3 is 0 Å². The minimum atomic E-state index is -0.0442. The highest BCUT2D eigenvalue weighted by Crippen LogP contribution is 2.37. The second kappa shape index (κ2) is 7.17. The Balaban J connectivity index is 1.52. The molecule has 5 rings (SSSR count). The van der Waals surface area contributed by atoms with Crippen molar-refractivity contribution in [1.29, 1.82) is 0 Å². The quantitative estimate of drug-likeness (QED) is 0.395. The van der Waals surface area contributed by atoms with Gasteiger partial charge in [-0.2, -0.15) is 0 Å². The van der Waals surface area contributed by atoms with Crippen molar-refractivity contribution in [3.8, 4) is 0 Å². The molecule has 0 radical (unpaired) electrons. The minimum Gasteiger partial charge on any atom is -0.325 e. The third-order valence-electron chi connectivity index (χ3n) is 4.75. The summed E-state index contributed by atoms with van der Waals surface area (Å²) in [6, 6.07) is 15.7. The Bertz CT molecular complexity index is 1370. The molecular formula is C22H18N4OS2. The molecule has 0 bridgehead atoms. The van der Waals surface area contributed by atoms with Crippen LogP contribution in [0.2, 0.25) is 0 Å². The van der Waals surface area contributed by atoms with Crippen molar-refractivity contribution in [2.45, 2.75) is 18.9 Å². The van der Waals surface area contributed by atoms with Gasteiger partial charge in [0.1, 0.15) is 14.7 Å². The molecule has 1 aromatic carbocycles. The molecule has 0 saturated carbocycles. The van der Waals surface area contributed by atoms with Crippen LogP contribution in [0.25, 0.3) is 26.1 Å². The molecule has 0 spiro atoms. The van der Waals surface area contributed by atoms with Gasteiger partial charge in [-0.05, 0) is 49.7 Å². The molecule has 4 aromatic heterocycles. The molecule has 0 aliphatic carbocycles. The second-order valence-corrected chi connectivity index (χ2v) is 8.84. The van der Waals surface area contributed by atoms with E-state index in [1.165, 1.54) is 17.3 Å². The summed E-state index contributed by atoms with van der Waals surface area (Å²) in [5.74, 6) is 0.257. The van der Waals surface area contributed by atoms with E-state index in [9.17, 15) is 4.79 Å². The molecular weight excluding hydrogens is 400 g/mol. The summed E-state index contributed by atoms with van der Waals surface area (Å²) < 4.78 is 2.17. The number of thiophene rings is 1. The number of carbonyl (C=O) groups is 1. The molecule has 5 aromatic rings. The topological polar surface area (TPSA) is 59.3 Å². The van der Waals surface area contributed by atoms with Gasteiger partial charge in [0.25, 0.3) is 0 Å². The number of hydrogen-bond donors (Lipinski definition) is 1. The summed E-state index contributed by atoms with van der Waals surface area (Å²) in [5.41, 5.74) is 5.12. The average molecular weight is 419 g/mol. The number of nitrogens with zero attached hydrogens (tertiary/aromatic N) is 3. The fourth-order valence-corrected chi connectivity index (χ4v) is 5.60. The first-order valence-corrected chi connectivity index (χ1v) is 11.1. The minimum absolute atomic E-state index is 0.0442. The molecule has 4 heterocycles. The predicted octanol–water partition coefficient (Wildman–Crippen LogP) is 5.44. The molecule has 29 heavy (non-hydrogen) atoms. The molecule has 1 amide bonds. The van der Waals surface area contributed by atoms with E-state index in [0.29, 0.717) is 5.75 Å². The lowest BCUT2D eigenvalue weighted by atomic mass is 10.1. The average Bonchev–Trinajstić information content (AvgIpc) is 3.30. The highest BCUT2D eigenvalue weighted by atomic mass is 32.2. The van der Waals surface area contributed by atoms with Gasteiger partial charge < -0.3 is 9.72 Å². The number of benzene rings is 1. The third kappa shape index (κ3) is 3.26. The molecule has 0 fully saturated rings. The lowest BCUT2D eigenvalue weighted by Gasteiger charge is -2.07. The number of amides is 1. The van der Waals surface area contributed by atoms with Crippen LogP contribution in [0, 0.1) is 13.8 Å². The Morgan fingerprint density at radius 1 is 1.10 bits per heavy atom. The third-order valence-corrected chi connectivity index (χ3v) is 6.70. The number of thioether (sulfide) groups is 1. The first-order valence-electron chi connectivity index (χ1n) is 9.25. The number of fused-ring (bicyclic) bond motifs is 5. The van der Waals surface area contributed by atoms with E-state index in [1.807, 2.05) is 49.4 Å². The van der Waals surface area contributed by atoms with Crippen LogP contribution in [0.15, 0.2) is 59.8 Å². The monoisotopic (exact) mass is 418 g/mol. The molecule has 0 saturated heterocycles. The number of nitrogens with one attached hydrogen (secondary N) is 1. The lowest BCUT2D eigenvalue weighted by molar-refractivity contribution is -0.113. The molecule has 1 N–H and O–H groups in total. The van der Waals surface area contributed by atoms with E-state index < -0.39 is 0 Å². The largest absolute Gasteiger partial charge is 0.325 e. The summed E-state index contributed by atoms with van der Waals surface area (Å²) in [5, 5.41) is 4.93. The Hall–Kier alpha value is -2.90. The van der Waals surface area contributed by atoms with Crippen LogP contribution >= 0.6 is 23.1 Å². The molecule has 0 unspecified atom stereocenters. The maximum atomic E-state index is 12.4. The smallest absolute Gasteiger partial charge is 0.234 e. The summed E-state index contributed by atoms with van der Waals surface area (Å²) >= 11 is 3.06. The summed E-state index contributed by atoms with van der Waals surface area (Å²) in [7, 11) is 0. The van der Waals surface area contributed by atoms with Gasteiger partial charge in [0.15, 0.2) is 0 Å². The number of aromatic nitrogens is 3. The van der Waals surface area contributed by atoms with Crippen molar-refractivity contribution in [2.75, 3.05) is 11.1 Å². The summed E-state index contributed by atoms with van der Waals surface area (Å²) in [6.07, 6.45) is 2.05. The number of rotatable bonds is 4. The van der Waals surface area contributed by atoms with Gasteiger partial charge in [0.05, 0.1) is 16.8 Å². The van der Waals surface area contributed by atoms with Crippen molar-refractivity contribution in [3.63, 3.8) is 0 Å². The number of anilines is 1. The van der Waals surface area contributed by atoms with E-state index in [-0.39, 0.29) is 5.91 Å². The van der Waals surface area contributed by atoms with E-state index in [1.54, 1.807) is 11.3 Å². The first-order chi connectivity index (χ1) is 14.1. The highest BCUT2D eigenvalue weighted by molar-refractivity contribution is 8.00. The molecule has 0 atom stereocenters. The van der Waals surface area contributed by atoms with Gasteiger partial charge in [-0.1, -0.05) is 41.3 Å². The van der Waals surface area contributed by atoms with Crippen LogP contribution in [0.5, 0.6) is 0 Å². The van der Waals surface area contributed by atoms with Gasteiger partial charge in [0.2, 0.25) is 5.91 Å². The number of para-hydroxylation sites is 1. The van der Waals surface area contributed by atoms with Crippen LogP contribution < -0.4 is 5.32 Å². The summed E-state index contributed by atoms with van der Waals surface area (Å²) in [6.45, 7) is 4.14. The van der Waals surface area contributed by atoms with E-state index in [2.05, 4.69) is 28.9 Å². The Morgan fingerprint density at radius 2 is 1.93 bits per heavy atom. The second-order valence-electron chi connectivity index (χ2n) is 6.90.